The summed E-state index contributed by atoms with van der Waals surface area (Å²) in [6.07, 6.45) is 1.09. The molecule has 0 aliphatic rings. The summed E-state index contributed by atoms with van der Waals surface area (Å²) in [6, 6.07) is 0. The van der Waals surface area contributed by atoms with Gasteiger partial charge in [0.2, 0.25) is 0 Å². The first kappa shape index (κ1) is 12.8. The number of ether oxygens (including phenoxy) is 1. The minimum absolute atomic E-state index is 0. The predicted octanol–water partition coefficient (Wildman–Crippen LogP) is 0.986. The summed E-state index contributed by atoms with van der Waals surface area (Å²) < 4.78 is 4.76. The SMILES string of the molecule is CCCNOCCOC.Cl. The number of halogens is 1. The Balaban J connectivity index is 0. The third kappa shape index (κ3) is 11.0. The summed E-state index contributed by atoms with van der Waals surface area (Å²) in [4.78, 5) is 4.94. The first-order valence-electron chi connectivity index (χ1n) is 3.25. The van der Waals surface area contributed by atoms with Gasteiger partial charge in [-0.1, -0.05) is 6.92 Å². The molecule has 0 saturated carbocycles. The van der Waals surface area contributed by atoms with Gasteiger partial charge in [0.05, 0.1) is 13.2 Å². The Morgan fingerprint density at radius 3 is 2.50 bits per heavy atom. The van der Waals surface area contributed by atoms with Crippen LogP contribution in [0.5, 0.6) is 0 Å². The molecule has 0 bridgehead atoms. The molecule has 0 fully saturated rings. The zero-order valence-corrected chi connectivity index (χ0v) is 7.37. The van der Waals surface area contributed by atoms with E-state index in [4.69, 9.17) is 9.57 Å². The average molecular weight is 170 g/mol. The van der Waals surface area contributed by atoms with Gasteiger partial charge in [0.1, 0.15) is 0 Å². The normalized spacial score (nSPS) is 9.00. The Hall–Kier alpha value is 0.170. The molecule has 0 aliphatic heterocycles. The van der Waals surface area contributed by atoms with Crippen molar-refractivity contribution in [1.29, 1.82) is 0 Å². The molecule has 0 unspecified atom stereocenters. The van der Waals surface area contributed by atoms with E-state index in [1.165, 1.54) is 0 Å². The Labute approximate surface area is 68.4 Å². The third-order valence-corrected chi connectivity index (χ3v) is 0.844. The number of hydrogen-bond acceptors (Lipinski definition) is 3. The van der Waals surface area contributed by atoms with E-state index in [0.717, 1.165) is 13.0 Å². The van der Waals surface area contributed by atoms with Gasteiger partial charge in [-0.15, -0.1) is 12.4 Å². The van der Waals surface area contributed by atoms with Crippen LogP contribution in [0, 0.1) is 0 Å². The van der Waals surface area contributed by atoms with Crippen LogP contribution in [-0.4, -0.2) is 26.9 Å². The van der Waals surface area contributed by atoms with Crippen molar-refractivity contribution >= 4 is 12.4 Å². The molecule has 0 aromatic carbocycles. The molecule has 0 atom stereocenters. The van der Waals surface area contributed by atoms with Crippen molar-refractivity contribution in [2.24, 2.45) is 0 Å². The number of hydrogen-bond donors (Lipinski definition) is 1. The minimum Gasteiger partial charge on any atom is -0.382 e. The number of hydroxylamine groups is 1. The van der Waals surface area contributed by atoms with Gasteiger partial charge >= 0.3 is 0 Å². The van der Waals surface area contributed by atoms with E-state index in [2.05, 4.69) is 12.4 Å². The van der Waals surface area contributed by atoms with Crippen LogP contribution >= 0.6 is 12.4 Å². The molecule has 4 heteroatoms. The second-order valence-corrected chi connectivity index (χ2v) is 1.74. The molecule has 3 nitrogen and oxygen atoms in total. The first-order chi connectivity index (χ1) is 4.41. The molecule has 1 N–H and O–H groups in total. The molecule has 0 aliphatic carbocycles. The molecular weight excluding hydrogens is 154 g/mol. The second kappa shape index (κ2) is 11.9. The van der Waals surface area contributed by atoms with Crippen molar-refractivity contribution < 1.29 is 9.57 Å². The molecule has 0 aromatic heterocycles. The van der Waals surface area contributed by atoms with Crippen LogP contribution in [0.15, 0.2) is 0 Å². The average Bonchev–Trinajstić information content (AvgIpc) is 1.89. The number of rotatable bonds is 6. The van der Waals surface area contributed by atoms with Gasteiger partial charge in [-0.3, -0.25) is 4.84 Å². The molecule has 0 rings (SSSR count). The van der Waals surface area contributed by atoms with Gasteiger partial charge < -0.3 is 4.74 Å². The van der Waals surface area contributed by atoms with Crippen molar-refractivity contribution in [3.05, 3.63) is 0 Å². The number of methoxy groups -OCH3 is 1. The molecule has 0 saturated heterocycles. The fraction of sp³-hybridized carbons (Fsp3) is 1.00. The van der Waals surface area contributed by atoms with Crippen LogP contribution in [0.1, 0.15) is 13.3 Å². The first-order valence-corrected chi connectivity index (χ1v) is 3.25. The van der Waals surface area contributed by atoms with Crippen molar-refractivity contribution in [3.63, 3.8) is 0 Å². The van der Waals surface area contributed by atoms with Crippen LogP contribution in [0.4, 0.5) is 0 Å². The van der Waals surface area contributed by atoms with Crippen molar-refractivity contribution in [2.75, 3.05) is 26.9 Å². The zero-order valence-electron chi connectivity index (χ0n) is 6.55. The van der Waals surface area contributed by atoms with E-state index < -0.39 is 0 Å². The van der Waals surface area contributed by atoms with Crippen LogP contribution in [-0.2, 0) is 9.57 Å². The highest BCUT2D eigenvalue weighted by Gasteiger charge is 1.82. The van der Waals surface area contributed by atoms with Crippen molar-refractivity contribution in [3.8, 4) is 0 Å². The Kier molecular flexibility index (Phi) is 15.3. The van der Waals surface area contributed by atoms with Gasteiger partial charge in [0.15, 0.2) is 0 Å². The third-order valence-electron chi connectivity index (χ3n) is 0.844. The summed E-state index contributed by atoms with van der Waals surface area (Å²) in [5.41, 5.74) is 2.79. The Bertz CT molecular complexity index is 49.0. The highest BCUT2D eigenvalue weighted by atomic mass is 35.5. The van der Waals surface area contributed by atoms with Gasteiger partial charge in [0, 0.05) is 13.7 Å². The van der Waals surface area contributed by atoms with E-state index >= 15 is 0 Å². The van der Waals surface area contributed by atoms with E-state index in [9.17, 15) is 0 Å². The molecule has 10 heavy (non-hydrogen) atoms. The summed E-state index contributed by atoms with van der Waals surface area (Å²) in [7, 11) is 1.66. The highest BCUT2D eigenvalue weighted by molar-refractivity contribution is 5.85. The summed E-state index contributed by atoms with van der Waals surface area (Å²) >= 11 is 0. The topological polar surface area (TPSA) is 30.5 Å². The molecule has 0 spiro atoms. The van der Waals surface area contributed by atoms with Gasteiger partial charge in [-0.05, 0) is 6.42 Å². The van der Waals surface area contributed by atoms with Crippen LogP contribution < -0.4 is 5.48 Å². The van der Waals surface area contributed by atoms with Crippen molar-refractivity contribution in [2.45, 2.75) is 13.3 Å². The fourth-order valence-electron chi connectivity index (χ4n) is 0.371. The molecule has 0 amide bonds. The molecule has 64 valence electrons. The predicted molar refractivity (Wildman–Crippen MR) is 43.4 cm³/mol. The van der Waals surface area contributed by atoms with Crippen LogP contribution in [0.2, 0.25) is 0 Å². The maximum atomic E-state index is 4.94. The lowest BCUT2D eigenvalue weighted by atomic mass is 10.5. The highest BCUT2D eigenvalue weighted by Crippen LogP contribution is 1.72. The lowest BCUT2D eigenvalue weighted by molar-refractivity contribution is 0.00719. The molecule has 0 heterocycles. The standard InChI is InChI=1S/C6H15NO2.ClH/c1-3-4-7-9-6-5-8-2;/h7H,3-6H2,1-2H3;1H. The molecular formula is C6H16ClNO2. The summed E-state index contributed by atoms with van der Waals surface area (Å²) in [5, 5.41) is 0. The van der Waals surface area contributed by atoms with E-state index in [-0.39, 0.29) is 12.4 Å². The Morgan fingerprint density at radius 1 is 1.30 bits per heavy atom. The summed E-state index contributed by atoms with van der Waals surface area (Å²) in [6.45, 7) is 4.27. The van der Waals surface area contributed by atoms with E-state index in [0.29, 0.717) is 13.2 Å². The molecule has 0 aromatic rings. The largest absolute Gasteiger partial charge is 0.382 e. The monoisotopic (exact) mass is 169 g/mol. The summed E-state index contributed by atoms with van der Waals surface area (Å²) in [5.74, 6) is 0. The van der Waals surface area contributed by atoms with E-state index in [1.807, 2.05) is 0 Å². The fourth-order valence-corrected chi connectivity index (χ4v) is 0.371. The lowest BCUT2D eigenvalue weighted by Crippen LogP contribution is -2.17. The molecule has 0 radical (unpaired) electrons. The van der Waals surface area contributed by atoms with Gasteiger partial charge in [-0.2, -0.15) is 0 Å². The maximum absolute atomic E-state index is 4.94. The van der Waals surface area contributed by atoms with Gasteiger partial charge in [-0.25, -0.2) is 5.48 Å². The van der Waals surface area contributed by atoms with Crippen LogP contribution in [0.25, 0.3) is 0 Å². The number of nitrogens with one attached hydrogen (secondary N) is 1. The Morgan fingerprint density at radius 2 is 2.00 bits per heavy atom. The second-order valence-electron chi connectivity index (χ2n) is 1.74. The maximum Gasteiger partial charge on any atom is 0.0915 e. The van der Waals surface area contributed by atoms with Crippen LogP contribution in [0.3, 0.4) is 0 Å². The lowest BCUT2D eigenvalue weighted by Gasteiger charge is -2.01. The van der Waals surface area contributed by atoms with E-state index in [1.54, 1.807) is 7.11 Å². The van der Waals surface area contributed by atoms with Gasteiger partial charge in [0.25, 0.3) is 0 Å². The van der Waals surface area contributed by atoms with Crippen molar-refractivity contribution in [1.82, 2.24) is 5.48 Å². The minimum atomic E-state index is 0. The zero-order chi connectivity index (χ0) is 6.95. The smallest absolute Gasteiger partial charge is 0.0915 e. The quantitative estimate of drug-likeness (QED) is 0.475.